The predicted molar refractivity (Wildman–Crippen MR) is 106 cm³/mol. The monoisotopic (exact) mass is 432 g/mol. The fourth-order valence-corrected chi connectivity index (χ4v) is 4.06. The van der Waals surface area contributed by atoms with Gasteiger partial charge in [-0.1, -0.05) is 17.3 Å². The zero-order valence-corrected chi connectivity index (χ0v) is 16.9. The Balaban J connectivity index is 1.48. The molecule has 0 aliphatic carbocycles. The molecule has 2 N–H and O–H groups in total. The molecule has 2 aromatic heterocycles. The van der Waals surface area contributed by atoms with E-state index >= 15 is 0 Å². The average Bonchev–Trinajstić information content (AvgIpc) is 3.21. The average molecular weight is 432 g/mol. The number of nitrogens with one attached hydrogen (secondary N) is 1. The fraction of sp³-hybridized carbons (Fsp3) is 0.429. The third kappa shape index (κ3) is 4.91. The normalized spacial score (nSPS) is 24.3. The molecule has 3 atom stereocenters. The van der Waals surface area contributed by atoms with Gasteiger partial charge in [-0.25, -0.2) is 9.97 Å². The quantitative estimate of drug-likeness (QED) is 0.644. The van der Waals surface area contributed by atoms with E-state index in [1.165, 1.54) is 18.5 Å². The number of hydrogen-bond acceptors (Lipinski definition) is 6. The molecular weight excluding hydrogens is 409 g/mol. The van der Waals surface area contributed by atoms with E-state index in [0.29, 0.717) is 30.6 Å². The van der Waals surface area contributed by atoms with Crippen LogP contribution in [-0.4, -0.2) is 36.1 Å². The molecule has 4 rings (SSSR count). The number of halogens is 3. The summed E-state index contributed by atoms with van der Waals surface area (Å²) in [5.74, 6) is 0. The fourth-order valence-electron chi connectivity index (χ4n) is 4.06. The van der Waals surface area contributed by atoms with Gasteiger partial charge in [-0.3, -0.25) is 4.68 Å². The molecular formula is C21H23F3N6O. The van der Waals surface area contributed by atoms with Gasteiger partial charge in [-0.05, 0) is 37.1 Å². The van der Waals surface area contributed by atoms with Crippen molar-refractivity contribution >= 4 is 0 Å². The van der Waals surface area contributed by atoms with Crippen molar-refractivity contribution in [3.8, 4) is 0 Å². The van der Waals surface area contributed by atoms with Crippen LogP contribution in [0.4, 0.5) is 13.2 Å². The standard InChI is InChI=1S/C21H23F3N6O/c1-14-10-20(31,15-2-4-16(5-3-15)21(22,23)24)11-18(27-14)19-12-30(29-28-19)9-7-17-6-8-25-13-26-17/h2-6,8,12-14,18,27,31H,7,9-11H2,1H3/t14-,18-,20?/m0/s1. The van der Waals surface area contributed by atoms with E-state index in [9.17, 15) is 18.3 Å². The Hall–Kier alpha value is -2.85. The molecule has 0 saturated carbocycles. The van der Waals surface area contributed by atoms with Gasteiger partial charge in [0.2, 0.25) is 0 Å². The maximum Gasteiger partial charge on any atom is 0.416 e. The third-order valence-electron chi connectivity index (χ3n) is 5.57. The smallest absolute Gasteiger partial charge is 0.385 e. The van der Waals surface area contributed by atoms with Crippen LogP contribution >= 0.6 is 0 Å². The molecule has 1 fully saturated rings. The van der Waals surface area contributed by atoms with Gasteiger partial charge < -0.3 is 10.4 Å². The van der Waals surface area contributed by atoms with Gasteiger partial charge in [-0.15, -0.1) is 5.10 Å². The minimum Gasteiger partial charge on any atom is -0.385 e. The van der Waals surface area contributed by atoms with Crippen molar-refractivity contribution in [3.63, 3.8) is 0 Å². The molecule has 1 aromatic carbocycles. The van der Waals surface area contributed by atoms with E-state index < -0.39 is 17.3 Å². The summed E-state index contributed by atoms with van der Waals surface area (Å²) in [6.07, 6.45) is 1.95. The van der Waals surface area contributed by atoms with Crippen LogP contribution in [-0.2, 0) is 24.7 Å². The molecule has 0 radical (unpaired) electrons. The van der Waals surface area contributed by atoms with E-state index in [1.807, 2.05) is 19.2 Å². The van der Waals surface area contributed by atoms with Crippen LogP contribution in [0.2, 0.25) is 0 Å². The Bertz CT molecular complexity index is 1010. The number of benzene rings is 1. The number of rotatable bonds is 5. The molecule has 1 aliphatic heterocycles. The first kappa shape index (κ1) is 21.4. The lowest BCUT2D eigenvalue weighted by Crippen LogP contribution is -2.47. The number of alkyl halides is 3. The number of aliphatic hydroxyl groups is 1. The SMILES string of the molecule is C[C@H]1CC(O)(c2ccc(C(F)(F)F)cc2)C[C@@H](c2cn(CCc3ccncn3)nn2)N1. The minimum atomic E-state index is -4.41. The van der Waals surface area contributed by atoms with Gasteiger partial charge in [-0.2, -0.15) is 13.2 Å². The van der Waals surface area contributed by atoms with Crippen LogP contribution in [0.25, 0.3) is 0 Å². The van der Waals surface area contributed by atoms with Crippen molar-refractivity contribution < 1.29 is 18.3 Å². The first-order valence-electron chi connectivity index (χ1n) is 10.0. The summed E-state index contributed by atoms with van der Waals surface area (Å²) in [5.41, 5.74) is 0.0530. The zero-order valence-electron chi connectivity index (χ0n) is 16.9. The topological polar surface area (TPSA) is 88.8 Å². The number of aromatic nitrogens is 5. The van der Waals surface area contributed by atoms with E-state index in [4.69, 9.17) is 0 Å². The van der Waals surface area contributed by atoms with Crippen molar-refractivity contribution in [2.75, 3.05) is 0 Å². The highest BCUT2D eigenvalue weighted by atomic mass is 19.4. The second-order valence-electron chi connectivity index (χ2n) is 7.99. The predicted octanol–water partition coefficient (Wildman–Crippen LogP) is 3.03. The highest BCUT2D eigenvalue weighted by Crippen LogP contribution is 2.40. The van der Waals surface area contributed by atoms with Crippen molar-refractivity contribution in [2.45, 2.75) is 56.6 Å². The number of nitrogens with zero attached hydrogens (tertiary/aromatic N) is 5. The van der Waals surface area contributed by atoms with Gasteiger partial charge in [0.25, 0.3) is 0 Å². The Kier molecular flexibility index (Phi) is 5.76. The summed E-state index contributed by atoms with van der Waals surface area (Å²) in [7, 11) is 0. The van der Waals surface area contributed by atoms with E-state index in [2.05, 4.69) is 25.6 Å². The number of aryl methyl sites for hydroxylation is 2. The Labute approximate surface area is 177 Å². The molecule has 1 aliphatic rings. The Morgan fingerprint density at radius 1 is 1.19 bits per heavy atom. The molecule has 0 amide bonds. The van der Waals surface area contributed by atoms with Crippen molar-refractivity contribution in [1.82, 2.24) is 30.3 Å². The maximum atomic E-state index is 12.9. The number of piperidine rings is 1. The summed E-state index contributed by atoms with van der Waals surface area (Å²) in [6, 6.07) is 6.25. The van der Waals surface area contributed by atoms with Crippen LogP contribution in [0.5, 0.6) is 0 Å². The van der Waals surface area contributed by atoms with E-state index in [0.717, 1.165) is 17.8 Å². The second kappa shape index (κ2) is 8.35. The molecule has 31 heavy (non-hydrogen) atoms. The maximum absolute atomic E-state index is 12.9. The highest BCUT2D eigenvalue weighted by molar-refractivity contribution is 5.30. The first-order chi connectivity index (χ1) is 14.7. The second-order valence-corrected chi connectivity index (χ2v) is 7.99. The molecule has 0 spiro atoms. The lowest BCUT2D eigenvalue weighted by molar-refractivity contribution is -0.137. The lowest BCUT2D eigenvalue weighted by Gasteiger charge is -2.40. The van der Waals surface area contributed by atoms with Crippen LogP contribution < -0.4 is 5.32 Å². The van der Waals surface area contributed by atoms with E-state index in [-0.39, 0.29) is 18.5 Å². The van der Waals surface area contributed by atoms with Gasteiger partial charge in [0, 0.05) is 37.3 Å². The molecule has 10 heteroatoms. The lowest BCUT2D eigenvalue weighted by atomic mass is 9.78. The van der Waals surface area contributed by atoms with Crippen LogP contribution in [0.1, 0.15) is 48.3 Å². The summed E-state index contributed by atoms with van der Waals surface area (Å²) < 4.78 is 40.4. The summed E-state index contributed by atoms with van der Waals surface area (Å²) in [6.45, 7) is 2.52. The van der Waals surface area contributed by atoms with Crippen LogP contribution in [0.3, 0.4) is 0 Å². The Morgan fingerprint density at radius 2 is 1.97 bits per heavy atom. The van der Waals surface area contributed by atoms with Crippen molar-refractivity contribution in [2.24, 2.45) is 0 Å². The van der Waals surface area contributed by atoms with E-state index in [1.54, 1.807) is 10.9 Å². The third-order valence-corrected chi connectivity index (χ3v) is 5.57. The summed E-state index contributed by atoms with van der Waals surface area (Å²) >= 11 is 0. The van der Waals surface area contributed by atoms with Crippen LogP contribution in [0, 0.1) is 0 Å². The van der Waals surface area contributed by atoms with Crippen molar-refractivity contribution in [1.29, 1.82) is 0 Å². The van der Waals surface area contributed by atoms with Crippen LogP contribution in [0.15, 0.2) is 49.1 Å². The zero-order chi connectivity index (χ0) is 22.1. The molecule has 3 aromatic rings. The van der Waals surface area contributed by atoms with Gasteiger partial charge in [0.1, 0.15) is 6.33 Å². The van der Waals surface area contributed by atoms with Crippen molar-refractivity contribution in [3.05, 3.63) is 71.6 Å². The summed E-state index contributed by atoms with van der Waals surface area (Å²) in [5, 5.41) is 23.1. The highest BCUT2D eigenvalue weighted by Gasteiger charge is 2.41. The van der Waals surface area contributed by atoms with Gasteiger partial charge in [0.05, 0.1) is 29.1 Å². The first-order valence-corrected chi connectivity index (χ1v) is 10.0. The summed E-state index contributed by atoms with van der Waals surface area (Å²) in [4.78, 5) is 8.08. The largest absolute Gasteiger partial charge is 0.416 e. The Morgan fingerprint density at radius 3 is 2.65 bits per heavy atom. The molecule has 1 unspecified atom stereocenters. The van der Waals surface area contributed by atoms with Gasteiger partial charge in [0.15, 0.2) is 0 Å². The number of hydrogen-bond donors (Lipinski definition) is 2. The molecule has 7 nitrogen and oxygen atoms in total. The van der Waals surface area contributed by atoms with Gasteiger partial charge >= 0.3 is 6.18 Å². The molecule has 3 heterocycles. The molecule has 1 saturated heterocycles. The minimum absolute atomic E-state index is 0.0581. The molecule has 164 valence electrons. The molecule has 0 bridgehead atoms.